The Labute approximate surface area is 214 Å². The van der Waals surface area contributed by atoms with Gasteiger partial charge in [0, 0.05) is 43.3 Å². The van der Waals surface area contributed by atoms with Crippen LogP contribution >= 0.6 is 0 Å². The van der Waals surface area contributed by atoms with E-state index in [-0.39, 0.29) is 40.6 Å². The summed E-state index contributed by atoms with van der Waals surface area (Å²) in [6.07, 6.45) is 3.57. The molecule has 2 N–H and O–H groups in total. The highest BCUT2D eigenvalue weighted by molar-refractivity contribution is 7.92. The lowest BCUT2D eigenvalue weighted by molar-refractivity contribution is 0.0381. The molecule has 0 aliphatic carbocycles. The zero-order chi connectivity index (χ0) is 26.2. The van der Waals surface area contributed by atoms with Crippen molar-refractivity contribution in [3.05, 3.63) is 60.2 Å². The lowest BCUT2D eigenvalue weighted by atomic mass is 10.1. The molecule has 1 aliphatic heterocycles. The van der Waals surface area contributed by atoms with Gasteiger partial charge in [0.1, 0.15) is 11.3 Å². The van der Waals surface area contributed by atoms with Gasteiger partial charge in [0.15, 0.2) is 5.75 Å². The monoisotopic (exact) mass is 528 g/mol. The van der Waals surface area contributed by atoms with Gasteiger partial charge in [-0.2, -0.15) is 0 Å². The van der Waals surface area contributed by atoms with Crippen LogP contribution in [0.4, 0.5) is 10.1 Å². The number of benzene rings is 2. The summed E-state index contributed by atoms with van der Waals surface area (Å²) in [4.78, 5) is 6.46. The van der Waals surface area contributed by atoms with Crippen LogP contribution in [0.2, 0.25) is 0 Å². The summed E-state index contributed by atoms with van der Waals surface area (Å²) in [5.41, 5.74) is 1.25. The van der Waals surface area contributed by atoms with Crippen molar-refractivity contribution in [3.63, 3.8) is 0 Å². The lowest BCUT2D eigenvalue weighted by Gasteiger charge is -2.27. The van der Waals surface area contributed by atoms with E-state index in [1.54, 1.807) is 30.5 Å². The molecule has 1 aliphatic rings. The molecule has 5 rings (SSSR count). The van der Waals surface area contributed by atoms with Gasteiger partial charge in [-0.15, -0.1) is 0 Å². The van der Waals surface area contributed by atoms with Crippen LogP contribution in [0.1, 0.15) is 12.0 Å². The van der Waals surface area contributed by atoms with Crippen molar-refractivity contribution in [3.8, 4) is 11.6 Å². The number of aromatic nitrogens is 2. The highest BCUT2D eigenvalue weighted by Gasteiger charge is 2.28. The van der Waals surface area contributed by atoms with Gasteiger partial charge in [0.05, 0.1) is 36.6 Å². The van der Waals surface area contributed by atoms with Crippen molar-refractivity contribution in [1.29, 1.82) is 0 Å². The third kappa shape index (κ3) is 4.94. The molecule has 0 unspecified atom stereocenters. The average molecular weight is 529 g/mol. The quantitative estimate of drug-likeness (QED) is 0.361. The van der Waals surface area contributed by atoms with Crippen LogP contribution in [0.3, 0.4) is 0 Å². The van der Waals surface area contributed by atoms with Crippen LogP contribution in [-0.4, -0.2) is 78.7 Å². The van der Waals surface area contributed by atoms with Crippen molar-refractivity contribution < 1.29 is 27.8 Å². The normalized spacial score (nSPS) is 15.0. The zero-order valence-corrected chi connectivity index (χ0v) is 21.3. The number of rotatable bonds is 8. The smallest absolute Gasteiger partial charge is 0.234 e. The molecule has 11 heteroatoms. The molecule has 196 valence electrons. The van der Waals surface area contributed by atoms with Crippen molar-refractivity contribution in [1.82, 2.24) is 14.5 Å². The molecular formula is C26H29FN4O5S. The molecule has 0 amide bonds. The van der Waals surface area contributed by atoms with Crippen LogP contribution < -0.4 is 4.31 Å². The topological polar surface area (TPSA) is 108 Å². The molecule has 1 saturated heterocycles. The van der Waals surface area contributed by atoms with Gasteiger partial charge in [-0.05, 0) is 42.8 Å². The highest BCUT2D eigenvalue weighted by atomic mass is 32.2. The first-order valence-electron chi connectivity index (χ1n) is 12.1. The maximum Gasteiger partial charge on any atom is 0.234 e. The largest absolute Gasteiger partial charge is 0.505 e. The van der Waals surface area contributed by atoms with E-state index in [4.69, 9.17) is 4.74 Å². The van der Waals surface area contributed by atoms with Crippen LogP contribution in [0.5, 0.6) is 11.6 Å². The number of ether oxygens (including phenoxy) is 1. The first kappa shape index (κ1) is 25.2. The minimum Gasteiger partial charge on any atom is -0.505 e. The van der Waals surface area contributed by atoms with E-state index in [9.17, 15) is 23.0 Å². The fraction of sp³-hybridized carbons (Fsp3) is 0.346. The van der Waals surface area contributed by atoms with Crippen LogP contribution in [-0.2, 0) is 21.3 Å². The predicted octanol–water partition coefficient (Wildman–Crippen LogP) is 3.28. The number of hydrogen-bond acceptors (Lipinski definition) is 7. The molecule has 2 aromatic carbocycles. The number of aromatic hydroxyl groups is 2. The van der Waals surface area contributed by atoms with Gasteiger partial charge >= 0.3 is 0 Å². The van der Waals surface area contributed by atoms with E-state index in [0.29, 0.717) is 42.6 Å². The molecule has 0 spiro atoms. The number of pyridine rings is 1. The molecule has 2 aromatic heterocycles. The molecule has 0 saturated carbocycles. The van der Waals surface area contributed by atoms with Gasteiger partial charge < -0.3 is 19.5 Å². The minimum absolute atomic E-state index is 0.0622. The maximum atomic E-state index is 13.5. The summed E-state index contributed by atoms with van der Waals surface area (Å²) in [5.74, 6) is -0.900. The Balaban J connectivity index is 1.54. The van der Waals surface area contributed by atoms with Crippen molar-refractivity contribution >= 4 is 37.4 Å². The first-order valence-corrected chi connectivity index (χ1v) is 13.7. The second-order valence-electron chi connectivity index (χ2n) is 9.18. The molecular weight excluding hydrogens is 499 g/mol. The number of anilines is 1. The van der Waals surface area contributed by atoms with E-state index in [0.717, 1.165) is 18.7 Å². The Kier molecular flexibility index (Phi) is 6.93. The fourth-order valence-corrected chi connectivity index (χ4v) is 6.07. The van der Waals surface area contributed by atoms with E-state index in [1.165, 1.54) is 34.2 Å². The molecule has 1 fully saturated rings. The van der Waals surface area contributed by atoms with Crippen molar-refractivity contribution in [2.24, 2.45) is 0 Å². The van der Waals surface area contributed by atoms with Crippen molar-refractivity contribution in [2.75, 3.05) is 50.0 Å². The first-order chi connectivity index (χ1) is 17.8. The number of phenolic OH excluding ortho intramolecular Hbond substituents is 1. The highest BCUT2D eigenvalue weighted by Crippen LogP contribution is 2.46. The van der Waals surface area contributed by atoms with Gasteiger partial charge in [-0.25, -0.2) is 12.8 Å². The third-order valence-electron chi connectivity index (χ3n) is 6.81. The molecule has 37 heavy (non-hydrogen) atoms. The van der Waals surface area contributed by atoms with E-state index >= 15 is 0 Å². The molecule has 0 radical (unpaired) electrons. The van der Waals surface area contributed by atoms with Gasteiger partial charge in [-0.3, -0.25) is 14.2 Å². The van der Waals surface area contributed by atoms with E-state index < -0.39 is 10.0 Å². The van der Waals surface area contributed by atoms with Gasteiger partial charge in [-0.1, -0.05) is 12.1 Å². The number of phenols is 1. The van der Waals surface area contributed by atoms with Crippen molar-refractivity contribution in [2.45, 2.75) is 13.0 Å². The molecule has 0 bridgehead atoms. The Morgan fingerprint density at radius 1 is 1.11 bits per heavy atom. The number of morpholine rings is 1. The molecule has 9 nitrogen and oxygen atoms in total. The maximum absolute atomic E-state index is 13.5. The second-order valence-corrected chi connectivity index (χ2v) is 11.3. The molecule has 4 aromatic rings. The summed E-state index contributed by atoms with van der Waals surface area (Å²) in [5, 5.41) is 23.0. The van der Waals surface area contributed by atoms with Crippen LogP contribution in [0.15, 0.2) is 48.8 Å². The van der Waals surface area contributed by atoms with Gasteiger partial charge in [0.25, 0.3) is 0 Å². The summed E-state index contributed by atoms with van der Waals surface area (Å²) in [6.45, 7) is 3.71. The van der Waals surface area contributed by atoms with E-state index in [1.807, 2.05) is 0 Å². The summed E-state index contributed by atoms with van der Waals surface area (Å²) < 4.78 is 48.4. The average Bonchev–Trinajstić information content (AvgIpc) is 3.21. The number of halogens is 1. The Hall–Kier alpha value is -3.41. The number of fused-ring (bicyclic) bond motifs is 2. The SMILES string of the molecule is CN(c1c2cccnc2c(O)c2c(O)n(Cc3ccc(F)cc3)cc12)S(=O)(=O)CCCN1CCOCC1. The standard InChI is InChI=1S/C26H29FN4O5S/c1-29(37(34,35)15-3-10-30-11-13-36-14-12-30)24-20-4-2-9-28-23(20)25(32)22-21(24)17-31(26(22)33)16-18-5-7-19(27)8-6-18/h2,4-9,17,32-33H,3,10-16H2,1H3. The fourth-order valence-electron chi connectivity index (χ4n) is 4.82. The number of nitrogens with zero attached hydrogens (tertiary/aromatic N) is 4. The number of hydrogen-bond donors (Lipinski definition) is 2. The summed E-state index contributed by atoms with van der Waals surface area (Å²) in [6, 6.07) is 9.23. The molecule has 3 heterocycles. The van der Waals surface area contributed by atoms with Crippen LogP contribution in [0.25, 0.3) is 21.7 Å². The lowest BCUT2D eigenvalue weighted by Crippen LogP contribution is -2.38. The second kappa shape index (κ2) is 10.2. The third-order valence-corrected chi connectivity index (χ3v) is 8.63. The summed E-state index contributed by atoms with van der Waals surface area (Å²) in [7, 11) is -2.26. The Bertz CT molecular complexity index is 1530. The predicted molar refractivity (Wildman–Crippen MR) is 140 cm³/mol. The Morgan fingerprint density at radius 2 is 1.84 bits per heavy atom. The summed E-state index contributed by atoms with van der Waals surface area (Å²) >= 11 is 0. The number of sulfonamides is 1. The minimum atomic E-state index is -3.74. The van der Waals surface area contributed by atoms with E-state index in [2.05, 4.69) is 9.88 Å². The Morgan fingerprint density at radius 3 is 2.57 bits per heavy atom. The zero-order valence-electron chi connectivity index (χ0n) is 20.5. The van der Waals surface area contributed by atoms with Crippen LogP contribution in [0, 0.1) is 5.82 Å². The van der Waals surface area contributed by atoms with Gasteiger partial charge in [0.2, 0.25) is 15.9 Å². The molecule has 0 atom stereocenters.